The summed E-state index contributed by atoms with van der Waals surface area (Å²) in [6.07, 6.45) is 2.42. The third kappa shape index (κ3) is 3.27. The normalized spacial score (nSPS) is 25.5. The average Bonchev–Trinajstić information content (AvgIpc) is 3.12. The molecule has 4 nitrogen and oxygen atoms in total. The molecule has 2 aliphatic rings. The first kappa shape index (κ1) is 15.3. The molecule has 3 rings (SSSR count). The van der Waals surface area contributed by atoms with Crippen LogP contribution in [0.4, 0.5) is 4.79 Å². The fourth-order valence-corrected chi connectivity index (χ4v) is 3.60. The van der Waals surface area contributed by atoms with E-state index in [-0.39, 0.29) is 6.03 Å². The SMILES string of the molecule is CC(C)C1CN(Cc2ccccc2)C(=O)N1C[C@@H]1CCCN1. The molecule has 120 valence electrons. The van der Waals surface area contributed by atoms with E-state index in [1.54, 1.807) is 0 Å². The highest BCUT2D eigenvalue weighted by atomic mass is 16.2. The molecule has 0 spiro atoms. The summed E-state index contributed by atoms with van der Waals surface area (Å²) in [7, 11) is 0. The summed E-state index contributed by atoms with van der Waals surface area (Å²) in [4.78, 5) is 17.0. The number of nitrogens with zero attached hydrogens (tertiary/aromatic N) is 2. The van der Waals surface area contributed by atoms with Gasteiger partial charge in [0.25, 0.3) is 0 Å². The van der Waals surface area contributed by atoms with Gasteiger partial charge >= 0.3 is 6.03 Å². The topological polar surface area (TPSA) is 35.6 Å². The number of carbonyl (C=O) groups excluding carboxylic acids is 1. The predicted molar refractivity (Wildman–Crippen MR) is 88.6 cm³/mol. The van der Waals surface area contributed by atoms with E-state index in [0.29, 0.717) is 18.0 Å². The lowest BCUT2D eigenvalue weighted by molar-refractivity contribution is 0.173. The van der Waals surface area contributed by atoms with Crippen molar-refractivity contribution in [3.8, 4) is 0 Å². The Morgan fingerprint density at radius 1 is 1.27 bits per heavy atom. The van der Waals surface area contributed by atoms with E-state index in [0.717, 1.165) is 26.2 Å². The van der Waals surface area contributed by atoms with E-state index in [1.165, 1.54) is 18.4 Å². The van der Waals surface area contributed by atoms with Crippen LogP contribution < -0.4 is 5.32 Å². The number of amides is 2. The first-order chi connectivity index (χ1) is 10.6. The van der Waals surface area contributed by atoms with Crippen LogP contribution >= 0.6 is 0 Å². The largest absolute Gasteiger partial charge is 0.320 e. The molecule has 2 atom stereocenters. The Hall–Kier alpha value is -1.55. The van der Waals surface area contributed by atoms with Crippen LogP contribution in [0.15, 0.2) is 30.3 Å². The maximum Gasteiger partial charge on any atom is 0.320 e. The number of hydrogen-bond donors (Lipinski definition) is 1. The van der Waals surface area contributed by atoms with Gasteiger partial charge in [-0.15, -0.1) is 0 Å². The van der Waals surface area contributed by atoms with Crippen molar-refractivity contribution in [2.75, 3.05) is 19.6 Å². The minimum absolute atomic E-state index is 0.205. The van der Waals surface area contributed by atoms with Crippen molar-refractivity contribution in [1.82, 2.24) is 15.1 Å². The molecule has 2 saturated heterocycles. The van der Waals surface area contributed by atoms with E-state index in [1.807, 2.05) is 23.1 Å². The van der Waals surface area contributed by atoms with Crippen molar-refractivity contribution in [3.05, 3.63) is 35.9 Å². The van der Waals surface area contributed by atoms with Crippen molar-refractivity contribution >= 4 is 6.03 Å². The zero-order valence-corrected chi connectivity index (χ0v) is 13.7. The second-order valence-corrected chi connectivity index (χ2v) is 6.91. The Morgan fingerprint density at radius 3 is 2.68 bits per heavy atom. The summed E-state index contributed by atoms with van der Waals surface area (Å²) < 4.78 is 0. The lowest BCUT2D eigenvalue weighted by atomic mass is 10.0. The van der Waals surface area contributed by atoms with E-state index in [9.17, 15) is 4.79 Å². The third-order valence-corrected chi connectivity index (χ3v) is 4.89. The van der Waals surface area contributed by atoms with E-state index in [2.05, 4.69) is 36.2 Å². The van der Waals surface area contributed by atoms with Gasteiger partial charge in [-0.25, -0.2) is 4.79 Å². The smallest absolute Gasteiger partial charge is 0.318 e. The predicted octanol–water partition coefficient (Wildman–Crippen LogP) is 2.70. The van der Waals surface area contributed by atoms with Gasteiger partial charge in [0, 0.05) is 25.7 Å². The van der Waals surface area contributed by atoms with Crippen molar-refractivity contribution in [2.45, 2.75) is 45.3 Å². The van der Waals surface area contributed by atoms with Crippen LogP contribution in [0.1, 0.15) is 32.3 Å². The summed E-state index contributed by atoms with van der Waals surface area (Å²) in [6, 6.07) is 11.3. The molecular formula is C18H27N3O. The standard InChI is InChI=1S/C18H27N3O/c1-14(2)17-13-20(11-15-7-4-3-5-8-15)18(22)21(17)12-16-9-6-10-19-16/h3-5,7-8,14,16-17,19H,6,9-13H2,1-2H3/t16-,17?/m0/s1. The number of urea groups is 1. The van der Waals surface area contributed by atoms with Crippen LogP contribution in [0.2, 0.25) is 0 Å². The first-order valence-electron chi connectivity index (χ1n) is 8.48. The average molecular weight is 301 g/mol. The number of nitrogens with one attached hydrogen (secondary N) is 1. The molecule has 2 amide bonds. The Kier molecular flexibility index (Phi) is 4.67. The summed E-state index contributed by atoms with van der Waals surface area (Å²) in [5.41, 5.74) is 1.21. The zero-order chi connectivity index (χ0) is 15.5. The number of rotatable bonds is 5. The number of carbonyl (C=O) groups is 1. The maximum atomic E-state index is 12.8. The second-order valence-electron chi connectivity index (χ2n) is 6.91. The monoisotopic (exact) mass is 301 g/mol. The van der Waals surface area contributed by atoms with Gasteiger partial charge in [-0.05, 0) is 30.9 Å². The lowest BCUT2D eigenvalue weighted by Gasteiger charge is -2.28. The van der Waals surface area contributed by atoms with Gasteiger partial charge in [-0.2, -0.15) is 0 Å². The molecule has 4 heteroatoms. The quantitative estimate of drug-likeness (QED) is 0.907. The van der Waals surface area contributed by atoms with Crippen LogP contribution in [0.25, 0.3) is 0 Å². The molecule has 1 aromatic carbocycles. The van der Waals surface area contributed by atoms with Gasteiger partial charge in [0.15, 0.2) is 0 Å². The van der Waals surface area contributed by atoms with Crippen molar-refractivity contribution in [3.63, 3.8) is 0 Å². The highest BCUT2D eigenvalue weighted by molar-refractivity contribution is 5.77. The molecule has 0 radical (unpaired) electrons. The Labute approximate surface area is 133 Å². The van der Waals surface area contributed by atoms with Crippen molar-refractivity contribution in [1.29, 1.82) is 0 Å². The van der Waals surface area contributed by atoms with Gasteiger partial charge in [-0.3, -0.25) is 0 Å². The molecule has 1 N–H and O–H groups in total. The van der Waals surface area contributed by atoms with Gasteiger partial charge in [0.2, 0.25) is 0 Å². The van der Waals surface area contributed by atoms with Crippen molar-refractivity contribution < 1.29 is 4.79 Å². The van der Waals surface area contributed by atoms with E-state index in [4.69, 9.17) is 0 Å². The Balaban J connectivity index is 1.69. The fraction of sp³-hybridized carbons (Fsp3) is 0.611. The molecule has 0 aromatic heterocycles. The Bertz CT molecular complexity index is 496. The summed E-state index contributed by atoms with van der Waals surface area (Å²) in [5, 5.41) is 3.52. The van der Waals surface area contributed by atoms with Crippen LogP contribution in [-0.2, 0) is 6.54 Å². The molecule has 0 saturated carbocycles. The van der Waals surface area contributed by atoms with Crippen LogP contribution in [0.5, 0.6) is 0 Å². The summed E-state index contributed by atoms with van der Waals surface area (Å²) in [6.45, 7) is 7.95. The molecule has 0 aliphatic carbocycles. The molecule has 1 aromatic rings. The molecule has 2 fully saturated rings. The minimum atomic E-state index is 0.205. The lowest BCUT2D eigenvalue weighted by Crippen LogP contribution is -2.45. The molecule has 22 heavy (non-hydrogen) atoms. The number of benzene rings is 1. The van der Waals surface area contributed by atoms with E-state index < -0.39 is 0 Å². The molecular weight excluding hydrogens is 274 g/mol. The van der Waals surface area contributed by atoms with Crippen LogP contribution in [-0.4, -0.2) is 47.5 Å². The molecule has 0 bridgehead atoms. The van der Waals surface area contributed by atoms with E-state index >= 15 is 0 Å². The molecule has 1 unspecified atom stereocenters. The highest BCUT2D eigenvalue weighted by Crippen LogP contribution is 2.25. The van der Waals surface area contributed by atoms with Gasteiger partial charge in [0.05, 0.1) is 6.04 Å². The molecule has 2 heterocycles. The fourth-order valence-electron chi connectivity index (χ4n) is 3.60. The summed E-state index contributed by atoms with van der Waals surface area (Å²) >= 11 is 0. The van der Waals surface area contributed by atoms with Gasteiger partial charge < -0.3 is 15.1 Å². The zero-order valence-electron chi connectivity index (χ0n) is 13.7. The highest BCUT2D eigenvalue weighted by Gasteiger charge is 2.39. The number of hydrogen-bond acceptors (Lipinski definition) is 2. The Morgan fingerprint density at radius 2 is 2.05 bits per heavy atom. The molecule has 2 aliphatic heterocycles. The third-order valence-electron chi connectivity index (χ3n) is 4.89. The van der Waals surface area contributed by atoms with Gasteiger partial charge in [0.1, 0.15) is 0 Å². The van der Waals surface area contributed by atoms with Crippen LogP contribution in [0.3, 0.4) is 0 Å². The van der Waals surface area contributed by atoms with Crippen molar-refractivity contribution in [2.24, 2.45) is 5.92 Å². The first-order valence-corrected chi connectivity index (χ1v) is 8.48. The summed E-state index contributed by atoms with van der Waals surface area (Å²) in [5.74, 6) is 0.492. The maximum absolute atomic E-state index is 12.8. The van der Waals surface area contributed by atoms with Crippen LogP contribution in [0, 0.1) is 5.92 Å². The second kappa shape index (κ2) is 6.69. The minimum Gasteiger partial charge on any atom is -0.318 e. The van der Waals surface area contributed by atoms with Gasteiger partial charge in [-0.1, -0.05) is 44.2 Å².